The van der Waals surface area contributed by atoms with Crippen LogP contribution in [-0.2, 0) is 0 Å². The van der Waals surface area contributed by atoms with Gasteiger partial charge in [0, 0.05) is 32.0 Å². The minimum absolute atomic E-state index is 0.0156. The first-order valence-electron chi connectivity index (χ1n) is 5.81. The standard InChI is InChI=1S/C11H19N3O3/c1-14-3-2-12-10(11(14)17)13-8-4-7(6-15)9(16)5-8/h2-3,7-9,11,15-17H,4-6H2,1H3,(H,12,13)/t7-,8-,9+,11?/m1/s1. The summed E-state index contributed by atoms with van der Waals surface area (Å²) in [5.74, 6) is 0.393. The van der Waals surface area contributed by atoms with E-state index in [1.165, 1.54) is 0 Å². The summed E-state index contributed by atoms with van der Waals surface area (Å²) in [6, 6.07) is -0.0424. The molecule has 0 radical (unpaired) electrons. The van der Waals surface area contributed by atoms with Gasteiger partial charge in [0.25, 0.3) is 0 Å². The number of hydrogen-bond donors (Lipinski definition) is 4. The van der Waals surface area contributed by atoms with Crippen molar-refractivity contribution in [1.29, 1.82) is 0 Å². The van der Waals surface area contributed by atoms with Crippen LogP contribution in [0.4, 0.5) is 0 Å². The molecule has 6 heteroatoms. The van der Waals surface area contributed by atoms with Crippen LogP contribution in [0.2, 0.25) is 0 Å². The van der Waals surface area contributed by atoms with Gasteiger partial charge in [0.1, 0.15) is 0 Å². The summed E-state index contributed by atoms with van der Waals surface area (Å²) >= 11 is 0. The highest BCUT2D eigenvalue weighted by Crippen LogP contribution is 2.28. The third kappa shape index (κ3) is 2.59. The summed E-state index contributed by atoms with van der Waals surface area (Å²) in [5, 5.41) is 31.5. The molecule has 1 heterocycles. The van der Waals surface area contributed by atoms with Gasteiger partial charge in [0.2, 0.25) is 0 Å². The summed E-state index contributed by atoms with van der Waals surface area (Å²) in [5.41, 5.74) is 0. The van der Waals surface area contributed by atoms with Gasteiger partial charge in [-0.15, -0.1) is 0 Å². The molecular weight excluding hydrogens is 222 g/mol. The Morgan fingerprint density at radius 3 is 2.88 bits per heavy atom. The lowest BCUT2D eigenvalue weighted by Crippen LogP contribution is -2.45. The van der Waals surface area contributed by atoms with E-state index >= 15 is 0 Å². The van der Waals surface area contributed by atoms with Crippen molar-refractivity contribution in [3.63, 3.8) is 0 Å². The van der Waals surface area contributed by atoms with Crippen LogP contribution in [0.5, 0.6) is 0 Å². The van der Waals surface area contributed by atoms with Gasteiger partial charge in [-0.2, -0.15) is 0 Å². The van der Waals surface area contributed by atoms with Gasteiger partial charge < -0.3 is 25.5 Å². The monoisotopic (exact) mass is 241 g/mol. The van der Waals surface area contributed by atoms with Gasteiger partial charge in [0.05, 0.1) is 12.1 Å². The Kier molecular flexibility index (Phi) is 3.66. The molecule has 0 amide bonds. The molecule has 1 fully saturated rings. The van der Waals surface area contributed by atoms with Crippen LogP contribution in [0.3, 0.4) is 0 Å². The number of nitrogens with one attached hydrogen (secondary N) is 1. The third-order valence-electron chi connectivity index (χ3n) is 3.36. The molecular formula is C11H19N3O3. The smallest absolute Gasteiger partial charge is 0.185 e. The molecule has 0 spiro atoms. The maximum Gasteiger partial charge on any atom is 0.185 e. The summed E-state index contributed by atoms with van der Waals surface area (Å²) < 4.78 is 0. The molecule has 1 aliphatic carbocycles. The van der Waals surface area contributed by atoms with Gasteiger partial charge in [-0.05, 0) is 12.8 Å². The lowest BCUT2D eigenvalue weighted by Gasteiger charge is -2.27. The molecule has 6 nitrogen and oxygen atoms in total. The lowest BCUT2D eigenvalue weighted by atomic mass is 10.1. The molecule has 1 aliphatic heterocycles. The van der Waals surface area contributed by atoms with Crippen molar-refractivity contribution < 1.29 is 15.3 Å². The molecule has 1 saturated carbocycles. The number of aliphatic hydroxyl groups is 3. The van der Waals surface area contributed by atoms with Crippen molar-refractivity contribution in [3.8, 4) is 0 Å². The Bertz CT molecular complexity index is 332. The molecule has 0 aromatic rings. The van der Waals surface area contributed by atoms with Crippen LogP contribution in [-0.4, -0.2) is 58.1 Å². The van der Waals surface area contributed by atoms with E-state index in [0.717, 1.165) is 0 Å². The van der Waals surface area contributed by atoms with E-state index in [2.05, 4.69) is 10.3 Å². The van der Waals surface area contributed by atoms with Crippen molar-refractivity contribution >= 4 is 5.84 Å². The van der Waals surface area contributed by atoms with Crippen LogP contribution in [0.1, 0.15) is 12.8 Å². The molecule has 96 valence electrons. The number of likely N-dealkylation sites (N-methyl/N-ethyl adjacent to an activating group) is 1. The highest BCUT2D eigenvalue weighted by molar-refractivity contribution is 5.87. The van der Waals surface area contributed by atoms with Crippen molar-refractivity contribution in [1.82, 2.24) is 10.2 Å². The zero-order valence-corrected chi connectivity index (χ0v) is 9.82. The van der Waals surface area contributed by atoms with Crippen molar-refractivity contribution in [2.75, 3.05) is 13.7 Å². The van der Waals surface area contributed by atoms with E-state index in [-0.39, 0.29) is 18.6 Å². The van der Waals surface area contributed by atoms with Crippen LogP contribution in [0.25, 0.3) is 0 Å². The Morgan fingerprint density at radius 1 is 1.47 bits per heavy atom. The van der Waals surface area contributed by atoms with Crippen LogP contribution in [0, 0.1) is 5.92 Å². The highest BCUT2D eigenvalue weighted by atomic mass is 16.3. The van der Waals surface area contributed by atoms with Gasteiger partial charge >= 0.3 is 0 Å². The van der Waals surface area contributed by atoms with E-state index in [0.29, 0.717) is 18.7 Å². The molecule has 0 aromatic carbocycles. The zero-order valence-electron chi connectivity index (χ0n) is 9.82. The minimum atomic E-state index is -0.773. The van der Waals surface area contributed by atoms with E-state index in [4.69, 9.17) is 5.11 Å². The second kappa shape index (κ2) is 5.03. The SMILES string of the molecule is CN1C=CNC(=N[C@@H]2C[C@H](CO)[C@@H](O)C2)C1O. The average Bonchev–Trinajstić information content (AvgIpc) is 2.65. The number of nitrogens with zero attached hydrogens (tertiary/aromatic N) is 2. The van der Waals surface area contributed by atoms with E-state index in [9.17, 15) is 10.2 Å². The first-order valence-corrected chi connectivity index (χ1v) is 5.81. The quantitative estimate of drug-likeness (QED) is 0.490. The topological polar surface area (TPSA) is 88.3 Å². The zero-order chi connectivity index (χ0) is 12.4. The normalized spacial score (nSPS) is 39.8. The Hall–Kier alpha value is -1.11. The number of hydrogen-bond acceptors (Lipinski definition) is 5. The summed E-state index contributed by atoms with van der Waals surface area (Å²) in [7, 11) is 1.76. The molecule has 4 N–H and O–H groups in total. The summed E-state index contributed by atoms with van der Waals surface area (Å²) in [4.78, 5) is 6.05. The number of rotatable bonds is 2. The molecule has 4 atom stereocenters. The molecule has 17 heavy (non-hydrogen) atoms. The fourth-order valence-corrected chi connectivity index (χ4v) is 2.27. The summed E-state index contributed by atoms with van der Waals surface area (Å²) in [6.45, 7) is -0.0156. The largest absolute Gasteiger partial charge is 0.396 e. The Labute approximate surface area is 100 Å². The summed E-state index contributed by atoms with van der Waals surface area (Å²) in [6.07, 6.45) is 3.36. The predicted octanol–water partition coefficient (Wildman–Crippen LogP) is -1.16. The Morgan fingerprint density at radius 2 is 2.24 bits per heavy atom. The first-order chi connectivity index (χ1) is 8.11. The first kappa shape index (κ1) is 12.3. The van der Waals surface area contributed by atoms with Crippen LogP contribution in [0.15, 0.2) is 17.4 Å². The number of aliphatic hydroxyl groups excluding tert-OH is 3. The maximum absolute atomic E-state index is 9.86. The van der Waals surface area contributed by atoms with Crippen LogP contribution >= 0.6 is 0 Å². The molecule has 0 bridgehead atoms. The fourth-order valence-electron chi connectivity index (χ4n) is 2.27. The van der Waals surface area contributed by atoms with E-state index in [1.54, 1.807) is 24.3 Å². The van der Waals surface area contributed by atoms with Crippen LogP contribution < -0.4 is 5.32 Å². The van der Waals surface area contributed by atoms with Gasteiger partial charge in [0.15, 0.2) is 12.1 Å². The maximum atomic E-state index is 9.86. The molecule has 1 unspecified atom stereocenters. The van der Waals surface area contributed by atoms with Gasteiger partial charge in [-0.1, -0.05) is 0 Å². The minimum Gasteiger partial charge on any atom is -0.396 e. The van der Waals surface area contributed by atoms with E-state index < -0.39 is 12.3 Å². The van der Waals surface area contributed by atoms with Gasteiger partial charge in [-0.3, -0.25) is 4.99 Å². The lowest BCUT2D eigenvalue weighted by molar-refractivity contribution is 0.0907. The van der Waals surface area contributed by atoms with Gasteiger partial charge in [-0.25, -0.2) is 0 Å². The van der Waals surface area contributed by atoms with Crippen molar-refractivity contribution in [2.24, 2.45) is 10.9 Å². The number of amidine groups is 1. The molecule has 2 aliphatic rings. The van der Waals surface area contributed by atoms with Crippen molar-refractivity contribution in [3.05, 3.63) is 12.4 Å². The average molecular weight is 241 g/mol. The predicted molar refractivity (Wildman–Crippen MR) is 63.1 cm³/mol. The van der Waals surface area contributed by atoms with Crippen molar-refractivity contribution in [2.45, 2.75) is 31.2 Å². The Balaban J connectivity index is 2.03. The fraction of sp³-hybridized carbons (Fsp3) is 0.727. The molecule has 0 saturated heterocycles. The number of aliphatic imine (C=N–C) groups is 1. The second-order valence-electron chi connectivity index (χ2n) is 4.65. The third-order valence-corrected chi connectivity index (χ3v) is 3.36. The molecule has 2 rings (SSSR count). The highest BCUT2D eigenvalue weighted by Gasteiger charge is 2.33. The van der Waals surface area contributed by atoms with E-state index in [1.807, 2.05) is 0 Å². The second-order valence-corrected chi connectivity index (χ2v) is 4.65. The molecule has 0 aromatic heterocycles.